The third-order valence-corrected chi connectivity index (χ3v) is 7.08. The lowest BCUT2D eigenvalue weighted by molar-refractivity contribution is -0.0190. The van der Waals surface area contributed by atoms with E-state index in [1.54, 1.807) is 20.3 Å². The van der Waals surface area contributed by atoms with Gasteiger partial charge in [-0.05, 0) is 52.7 Å². The number of fused-ring (bicyclic) bond motifs is 4. The Balaban J connectivity index is 1.47. The molecule has 0 saturated carbocycles. The fourth-order valence-electron chi connectivity index (χ4n) is 4.88. The molecular weight excluding hydrogens is 483 g/mol. The standard InChI is InChI=1S/C28H22Cl2N2O3/c1-33-25-10-9-19(12-26(25)34-2)28-32-24(21-13-20(29)14-22(30)27(21)35-28)15-23(31-32)18-8-7-16-5-3-4-6-17(16)11-18/h3-14,24,28H,15H2,1-2H3/t24-,28-/m1/s1. The van der Waals surface area contributed by atoms with Crippen molar-refractivity contribution in [3.05, 3.63) is 99.5 Å². The van der Waals surface area contributed by atoms with Crippen LogP contribution in [0.1, 0.15) is 35.4 Å². The molecule has 5 nitrogen and oxygen atoms in total. The average molecular weight is 505 g/mol. The van der Waals surface area contributed by atoms with Gasteiger partial charge in [0.2, 0.25) is 6.23 Å². The third-order valence-electron chi connectivity index (χ3n) is 6.58. The summed E-state index contributed by atoms with van der Waals surface area (Å²) in [6.45, 7) is 0. The summed E-state index contributed by atoms with van der Waals surface area (Å²) >= 11 is 13.0. The van der Waals surface area contributed by atoms with Crippen molar-refractivity contribution < 1.29 is 14.2 Å². The maximum absolute atomic E-state index is 6.61. The predicted molar refractivity (Wildman–Crippen MR) is 139 cm³/mol. The van der Waals surface area contributed by atoms with Gasteiger partial charge in [0, 0.05) is 22.6 Å². The minimum Gasteiger partial charge on any atom is -0.493 e. The summed E-state index contributed by atoms with van der Waals surface area (Å²) in [6, 6.07) is 24.1. The molecule has 2 atom stereocenters. The van der Waals surface area contributed by atoms with Crippen molar-refractivity contribution in [2.75, 3.05) is 14.2 Å². The molecule has 0 N–H and O–H groups in total. The highest BCUT2D eigenvalue weighted by atomic mass is 35.5. The molecule has 0 amide bonds. The van der Waals surface area contributed by atoms with E-state index in [1.807, 2.05) is 41.4 Å². The SMILES string of the molecule is COc1ccc([C@H]2Oc3c(Cl)cc(Cl)cc3[C@H]3CC(c4ccc5ccccc5c4)=NN32)cc1OC. The Hall–Kier alpha value is -3.41. The third kappa shape index (κ3) is 3.76. The van der Waals surface area contributed by atoms with E-state index in [0.717, 1.165) is 22.4 Å². The summed E-state index contributed by atoms with van der Waals surface area (Å²) < 4.78 is 17.4. The van der Waals surface area contributed by atoms with Gasteiger partial charge in [0.1, 0.15) is 5.75 Å². The Morgan fingerprint density at radius 1 is 0.886 bits per heavy atom. The minimum atomic E-state index is -0.496. The zero-order valence-electron chi connectivity index (χ0n) is 19.2. The normalized spacial score (nSPS) is 18.5. The molecule has 176 valence electrons. The van der Waals surface area contributed by atoms with Crippen LogP contribution < -0.4 is 14.2 Å². The molecule has 6 rings (SSSR count). The molecule has 0 aliphatic carbocycles. The number of hydrogen-bond donors (Lipinski definition) is 0. The quantitative estimate of drug-likeness (QED) is 0.290. The van der Waals surface area contributed by atoms with Crippen molar-refractivity contribution >= 4 is 39.7 Å². The molecule has 35 heavy (non-hydrogen) atoms. The topological polar surface area (TPSA) is 43.3 Å². The molecule has 2 aliphatic heterocycles. The van der Waals surface area contributed by atoms with Gasteiger partial charge < -0.3 is 14.2 Å². The molecule has 0 bridgehead atoms. The van der Waals surface area contributed by atoms with E-state index < -0.39 is 6.23 Å². The van der Waals surface area contributed by atoms with Gasteiger partial charge >= 0.3 is 0 Å². The summed E-state index contributed by atoms with van der Waals surface area (Å²) in [5.41, 5.74) is 3.88. The molecule has 0 unspecified atom stereocenters. The number of halogens is 2. The van der Waals surface area contributed by atoms with Crippen molar-refractivity contribution in [3.8, 4) is 17.2 Å². The van der Waals surface area contributed by atoms with Crippen LogP contribution in [0.25, 0.3) is 10.8 Å². The smallest absolute Gasteiger partial charge is 0.214 e. The van der Waals surface area contributed by atoms with E-state index in [1.165, 1.54) is 10.8 Å². The Morgan fingerprint density at radius 2 is 1.69 bits per heavy atom. The van der Waals surface area contributed by atoms with E-state index in [2.05, 4.69) is 30.3 Å². The number of nitrogens with zero attached hydrogens (tertiary/aromatic N) is 2. The first-order chi connectivity index (χ1) is 17.1. The van der Waals surface area contributed by atoms with Gasteiger partial charge in [-0.1, -0.05) is 59.6 Å². The van der Waals surface area contributed by atoms with Crippen LogP contribution in [-0.2, 0) is 0 Å². The first-order valence-corrected chi connectivity index (χ1v) is 12.0. The van der Waals surface area contributed by atoms with Crippen molar-refractivity contribution in [2.45, 2.75) is 18.7 Å². The van der Waals surface area contributed by atoms with Crippen LogP contribution in [0.4, 0.5) is 0 Å². The van der Waals surface area contributed by atoms with Gasteiger partial charge in [0.05, 0.1) is 31.0 Å². The largest absolute Gasteiger partial charge is 0.493 e. The van der Waals surface area contributed by atoms with Gasteiger partial charge in [-0.25, -0.2) is 5.01 Å². The molecule has 2 heterocycles. The molecule has 0 saturated heterocycles. The molecule has 4 aromatic rings. The second-order valence-electron chi connectivity index (χ2n) is 8.60. The van der Waals surface area contributed by atoms with Crippen molar-refractivity contribution in [2.24, 2.45) is 5.10 Å². The van der Waals surface area contributed by atoms with Gasteiger partial charge in [0.25, 0.3) is 0 Å². The van der Waals surface area contributed by atoms with Crippen molar-refractivity contribution in [3.63, 3.8) is 0 Å². The summed E-state index contributed by atoms with van der Waals surface area (Å²) in [4.78, 5) is 0. The van der Waals surface area contributed by atoms with E-state index in [0.29, 0.717) is 33.7 Å². The molecule has 2 aliphatic rings. The van der Waals surface area contributed by atoms with Gasteiger partial charge in [-0.15, -0.1) is 0 Å². The van der Waals surface area contributed by atoms with Crippen LogP contribution in [0, 0.1) is 0 Å². The lowest BCUT2D eigenvalue weighted by atomic mass is 9.95. The molecule has 0 spiro atoms. The Bertz CT molecular complexity index is 1490. The Kier molecular flexibility index (Phi) is 5.47. The van der Waals surface area contributed by atoms with Gasteiger partial charge in [0.15, 0.2) is 11.5 Å². The minimum absolute atomic E-state index is 0.0745. The summed E-state index contributed by atoms with van der Waals surface area (Å²) in [5, 5.41) is 10.5. The molecule has 0 radical (unpaired) electrons. The highest BCUT2D eigenvalue weighted by Gasteiger charge is 2.42. The fraction of sp³-hybridized carbons (Fsp3) is 0.179. The van der Waals surface area contributed by atoms with Gasteiger partial charge in [-0.2, -0.15) is 5.10 Å². The molecule has 0 fully saturated rings. The first-order valence-electron chi connectivity index (χ1n) is 11.3. The summed E-state index contributed by atoms with van der Waals surface area (Å²) in [6.07, 6.45) is 0.207. The van der Waals surface area contributed by atoms with E-state index in [-0.39, 0.29) is 6.04 Å². The van der Waals surface area contributed by atoms with E-state index >= 15 is 0 Å². The number of benzene rings is 4. The predicted octanol–water partition coefficient (Wildman–Crippen LogP) is 7.41. The van der Waals surface area contributed by atoms with Crippen LogP contribution in [0.3, 0.4) is 0 Å². The monoisotopic (exact) mass is 504 g/mol. The number of rotatable bonds is 4. The first kappa shape index (κ1) is 22.1. The van der Waals surface area contributed by atoms with Crippen molar-refractivity contribution in [1.29, 1.82) is 0 Å². The average Bonchev–Trinajstić information content (AvgIpc) is 3.33. The maximum Gasteiger partial charge on any atom is 0.214 e. The second-order valence-corrected chi connectivity index (χ2v) is 9.44. The van der Waals surface area contributed by atoms with E-state index in [9.17, 15) is 0 Å². The molecular formula is C28H22Cl2N2O3. The van der Waals surface area contributed by atoms with Crippen LogP contribution in [0.2, 0.25) is 10.0 Å². The Labute approximate surface area is 213 Å². The van der Waals surface area contributed by atoms with Gasteiger partial charge in [-0.3, -0.25) is 0 Å². The van der Waals surface area contributed by atoms with Crippen LogP contribution >= 0.6 is 23.2 Å². The Morgan fingerprint density at radius 3 is 2.49 bits per heavy atom. The molecule has 7 heteroatoms. The maximum atomic E-state index is 6.61. The molecule has 0 aromatic heterocycles. The number of methoxy groups -OCH3 is 2. The lowest BCUT2D eigenvalue weighted by Gasteiger charge is -2.38. The van der Waals surface area contributed by atoms with Crippen LogP contribution in [0.5, 0.6) is 17.2 Å². The highest BCUT2D eigenvalue weighted by molar-refractivity contribution is 6.35. The molecule has 4 aromatic carbocycles. The summed E-state index contributed by atoms with van der Waals surface area (Å²) in [5.74, 6) is 1.90. The zero-order valence-corrected chi connectivity index (χ0v) is 20.7. The van der Waals surface area contributed by atoms with E-state index in [4.69, 9.17) is 42.5 Å². The number of hydrogen-bond acceptors (Lipinski definition) is 5. The number of hydrazone groups is 1. The zero-order chi connectivity index (χ0) is 24.1. The second kappa shape index (κ2) is 8.67. The van der Waals surface area contributed by atoms with Crippen molar-refractivity contribution in [1.82, 2.24) is 5.01 Å². The lowest BCUT2D eigenvalue weighted by Crippen LogP contribution is -2.33. The fourth-order valence-corrected chi connectivity index (χ4v) is 5.44. The highest BCUT2D eigenvalue weighted by Crippen LogP contribution is 2.51. The van der Waals surface area contributed by atoms with Crippen LogP contribution in [-0.4, -0.2) is 24.9 Å². The number of ether oxygens (including phenoxy) is 3. The van der Waals surface area contributed by atoms with Crippen LogP contribution in [0.15, 0.2) is 77.9 Å². The summed E-state index contributed by atoms with van der Waals surface area (Å²) in [7, 11) is 3.23.